The van der Waals surface area contributed by atoms with Crippen molar-refractivity contribution in [2.24, 2.45) is 5.92 Å². The van der Waals surface area contributed by atoms with Crippen LogP contribution in [-0.2, 0) is 19.4 Å². The second-order valence-electron chi connectivity index (χ2n) is 6.32. The van der Waals surface area contributed by atoms with E-state index in [0.29, 0.717) is 13.0 Å². The summed E-state index contributed by atoms with van der Waals surface area (Å²) in [6.07, 6.45) is 3.47. The average Bonchev–Trinajstić information content (AvgIpc) is 3.11. The molecule has 114 valence electrons. The van der Waals surface area contributed by atoms with Crippen LogP contribution in [0, 0.1) is 5.92 Å². The molecule has 1 unspecified atom stereocenters. The predicted octanol–water partition coefficient (Wildman–Crippen LogP) is -0.0633. The first kappa shape index (κ1) is 15.3. The maximum atomic E-state index is 12.5. The van der Waals surface area contributed by atoms with Gasteiger partial charge in [0.05, 0.1) is 5.75 Å². The Balaban J connectivity index is 2.08. The highest BCUT2D eigenvalue weighted by molar-refractivity contribution is 7.90. The van der Waals surface area contributed by atoms with E-state index >= 15 is 0 Å². The van der Waals surface area contributed by atoms with E-state index < -0.39 is 21.4 Å². The number of carbonyl (C=O) groups is 2. The molecule has 0 aromatic heterocycles. The molecule has 2 amide bonds. The number of hydrogen-bond donors (Lipinski definition) is 1. The Kier molecular flexibility index (Phi) is 3.83. The summed E-state index contributed by atoms with van der Waals surface area (Å²) in [7, 11) is -3.05. The van der Waals surface area contributed by atoms with E-state index in [-0.39, 0.29) is 23.5 Å². The lowest BCUT2D eigenvalue weighted by Gasteiger charge is -2.44. The third-order valence-electron chi connectivity index (χ3n) is 4.04. The molecule has 1 saturated carbocycles. The molecule has 20 heavy (non-hydrogen) atoms. The molecule has 6 nitrogen and oxygen atoms in total. The molecule has 2 aliphatic rings. The molecule has 2 fully saturated rings. The molecule has 1 saturated heterocycles. The van der Waals surface area contributed by atoms with Gasteiger partial charge in [-0.1, -0.05) is 0 Å². The maximum absolute atomic E-state index is 12.5. The number of amides is 2. The molecule has 2 rings (SSSR count). The van der Waals surface area contributed by atoms with Crippen LogP contribution in [0.25, 0.3) is 0 Å². The number of sulfone groups is 1. The minimum atomic E-state index is -3.05. The van der Waals surface area contributed by atoms with E-state index in [0.717, 1.165) is 12.8 Å². The van der Waals surface area contributed by atoms with Crippen molar-refractivity contribution in [3.05, 3.63) is 0 Å². The Bertz CT molecular complexity index is 522. The molecule has 7 heteroatoms. The number of nitrogens with zero attached hydrogens (tertiary/aromatic N) is 1. The summed E-state index contributed by atoms with van der Waals surface area (Å²) in [5.74, 6) is 0.0432. The zero-order valence-electron chi connectivity index (χ0n) is 12.2. The lowest BCUT2D eigenvalue weighted by molar-refractivity contribution is -0.155. The smallest absolute Gasteiger partial charge is 0.246 e. The van der Waals surface area contributed by atoms with Gasteiger partial charge in [-0.15, -0.1) is 0 Å². The summed E-state index contributed by atoms with van der Waals surface area (Å²) in [4.78, 5) is 26.2. The van der Waals surface area contributed by atoms with E-state index in [4.69, 9.17) is 0 Å². The van der Waals surface area contributed by atoms with Crippen molar-refractivity contribution in [1.29, 1.82) is 0 Å². The van der Waals surface area contributed by atoms with E-state index in [1.807, 2.05) is 0 Å². The monoisotopic (exact) mass is 302 g/mol. The first-order valence-corrected chi connectivity index (χ1v) is 8.99. The Morgan fingerprint density at radius 3 is 2.40 bits per heavy atom. The fourth-order valence-electron chi connectivity index (χ4n) is 2.57. The molecule has 0 spiro atoms. The summed E-state index contributed by atoms with van der Waals surface area (Å²) < 4.78 is 22.4. The maximum Gasteiger partial charge on any atom is 0.246 e. The van der Waals surface area contributed by atoms with E-state index in [9.17, 15) is 18.0 Å². The van der Waals surface area contributed by atoms with Gasteiger partial charge in [-0.25, -0.2) is 8.42 Å². The van der Waals surface area contributed by atoms with Gasteiger partial charge in [-0.3, -0.25) is 9.59 Å². The Hall–Kier alpha value is -1.11. The topological polar surface area (TPSA) is 83.6 Å². The van der Waals surface area contributed by atoms with Crippen LogP contribution >= 0.6 is 0 Å². The van der Waals surface area contributed by atoms with Gasteiger partial charge in [-0.05, 0) is 39.0 Å². The summed E-state index contributed by atoms with van der Waals surface area (Å²) in [5, 5.41) is 2.81. The lowest BCUT2D eigenvalue weighted by atomic mass is 9.94. The summed E-state index contributed by atoms with van der Waals surface area (Å²) in [5.41, 5.74) is -0.917. The number of hydrogen-bond acceptors (Lipinski definition) is 4. The standard InChI is InChI=1S/C13H22N2O4S/c1-13(2)12(17)14-10(9-5-6-9)11(16)15(13)7-4-8-20(3,18)19/h9-10H,4-8H2,1-3H3,(H,14,17). The van der Waals surface area contributed by atoms with Gasteiger partial charge in [0, 0.05) is 12.8 Å². The van der Waals surface area contributed by atoms with Crippen LogP contribution in [0.5, 0.6) is 0 Å². The molecular weight excluding hydrogens is 280 g/mol. The van der Waals surface area contributed by atoms with Gasteiger partial charge in [0.25, 0.3) is 0 Å². The molecule has 1 aliphatic carbocycles. The third kappa shape index (κ3) is 3.13. The van der Waals surface area contributed by atoms with Crippen LogP contribution in [0.2, 0.25) is 0 Å². The fraction of sp³-hybridized carbons (Fsp3) is 0.846. The Morgan fingerprint density at radius 2 is 1.90 bits per heavy atom. The SMILES string of the molecule is CC1(C)C(=O)NC(C2CC2)C(=O)N1CCCS(C)(=O)=O. The highest BCUT2D eigenvalue weighted by Gasteiger charge is 2.50. The highest BCUT2D eigenvalue weighted by Crippen LogP contribution is 2.36. The number of rotatable bonds is 5. The van der Waals surface area contributed by atoms with Crippen LogP contribution in [0.4, 0.5) is 0 Å². The van der Waals surface area contributed by atoms with Gasteiger partial charge in [0.2, 0.25) is 11.8 Å². The van der Waals surface area contributed by atoms with Crippen molar-refractivity contribution < 1.29 is 18.0 Å². The van der Waals surface area contributed by atoms with Crippen molar-refractivity contribution >= 4 is 21.7 Å². The average molecular weight is 302 g/mol. The predicted molar refractivity (Wildman–Crippen MR) is 74.8 cm³/mol. The number of nitrogens with one attached hydrogen (secondary N) is 1. The summed E-state index contributed by atoms with van der Waals surface area (Å²) in [6, 6.07) is -0.422. The van der Waals surface area contributed by atoms with E-state index in [1.54, 1.807) is 18.7 Å². The molecule has 0 radical (unpaired) electrons. The minimum Gasteiger partial charge on any atom is -0.342 e. The third-order valence-corrected chi connectivity index (χ3v) is 5.07. The molecule has 0 bridgehead atoms. The van der Waals surface area contributed by atoms with Crippen molar-refractivity contribution in [3.63, 3.8) is 0 Å². The molecule has 0 aromatic carbocycles. The van der Waals surface area contributed by atoms with Crippen LogP contribution in [0.1, 0.15) is 33.1 Å². The number of carbonyl (C=O) groups excluding carboxylic acids is 2. The second kappa shape index (κ2) is 5.02. The van der Waals surface area contributed by atoms with Crippen molar-refractivity contribution in [3.8, 4) is 0 Å². The van der Waals surface area contributed by atoms with Gasteiger partial charge < -0.3 is 10.2 Å². The van der Waals surface area contributed by atoms with E-state index in [2.05, 4.69) is 5.32 Å². The van der Waals surface area contributed by atoms with Gasteiger partial charge in [0.15, 0.2) is 0 Å². The molecule has 1 atom stereocenters. The lowest BCUT2D eigenvalue weighted by Crippen LogP contribution is -2.69. The summed E-state index contributed by atoms with van der Waals surface area (Å²) in [6.45, 7) is 3.70. The van der Waals surface area contributed by atoms with Crippen LogP contribution in [0.3, 0.4) is 0 Å². The molecular formula is C13H22N2O4S. The first-order chi connectivity index (χ1) is 9.13. The van der Waals surface area contributed by atoms with Gasteiger partial charge in [0.1, 0.15) is 21.4 Å². The van der Waals surface area contributed by atoms with Gasteiger partial charge in [-0.2, -0.15) is 0 Å². The summed E-state index contributed by atoms with van der Waals surface area (Å²) >= 11 is 0. The first-order valence-electron chi connectivity index (χ1n) is 6.93. The molecule has 1 N–H and O–H groups in total. The number of piperazine rings is 1. The fourth-order valence-corrected chi connectivity index (χ4v) is 3.22. The quantitative estimate of drug-likeness (QED) is 0.771. The Labute approximate surface area is 119 Å². The normalized spacial score (nSPS) is 26.6. The molecule has 0 aromatic rings. The van der Waals surface area contributed by atoms with Crippen LogP contribution in [0.15, 0.2) is 0 Å². The minimum absolute atomic E-state index is 0.0303. The molecule has 1 aliphatic heterocycles. The largest absolute Gasteiger partial charge is 0.342 e. The zero-order valence-corrected chi connectivity index (χ0v) is 13.0. The second-order valence-corrected chi connectivity index (χ2v) is 8.58. The van der Waals surface area contributed by atoms with Crippen molar-refractivity contribution in [2.45, 2.75) is 44.7 Å². The van der Waals surface area contributed by atoms with E-state index in [1.165, 1.54) is 6.26 Å². The zero-order chi connectivity index (χ0) is 15.1. The van der Waals surface area contributed by atoms with Crippen molar-refractivity contribution in [2.75, 3.05) is 18.6 Å². The van der Waals surface area contributed by atoms with Gasteiger partial charge >= 0.3 is 0 Å². The van der Waals surface area contributed by atoms with Crippen molar-refractivity contribution in [1.82, 2.24) is 10.2 Å². The molecule has 1 heterocycles. The van der Waals surface area contributed by atoms with Crippen LogP contribution in [-0.4, -0.2) is 55.3 Å². The van der Waals surface area contributed by atoms with Crippen LogP contribution < -0.4 is 5.32 Å². The Morgan fingerprint density at radius 1 is 1.30 bits per heavy atom. The highest BCUT2D eigenvalue weighted by atomic mass is 32.2.